The van der Waals surface area contributed by atoms with Gasteiger partial charge >= 0.3 is 0 Å². The zero-order valence-electron chi connectivity index (χ0n) is 25.5. The number of benzene rings is 3. The summed E-state index contributed by atoms with van der Waals surface area (Å²) in [5.41, 5.74) is 8.27. The highest BCUT2D eigenvalue weighted by Gasteiger charge is 2.16. The van der Waals surface area contributed by atoms with E-state index in [0.29, 0.717) is 11.5 Å². The molecule has 0 amide bonds. The minimum Gasteiger partial charge on any atom is -0.303 e. The molecule has 1 saturated heterocycles. The number of likely N-dealkylation sites (tertiary alicyclic amines) is 1. The maximum Gasteiger partial charge on any atom is 0.126 e. The van der Waals surface area contributed by atoms with Gasteiger partial charge in [0.1, 0.15) is 5.82 Å². The van der Waals surface area contributed by atoms with E-state index < -0.39 is 0 Å². The van der Waals surface area contributed by atoms with Crippen LogP contribution in [0.4, 0.5) is 4.39 Å². The van der Waals surface area contributed by atoms with E-state index in [2.05, 4.69) is 88.0 Å². The normalized spacial score (nSPS) is 14.5. The maximum absolute atomic E-state index is 12.6. The zero-order valence-corrected chi connectivity index (χ0v) is 26.5. The van der Waals surface area contributed by atoms with E-state index in [9.17, 15) is 4.39 Å². The standard InChI is InChI=1S/C26H35N.C8H9F.C2H7P/c1-5-23-13-14-26(17-22(23)4)25-10-8-9-24(18-25)21(3)12-11-20(2)19-27-15-6-7-16-27;1-6-3-4-7(2)8(9)5-6;1-3-2/h5,8-10,13-14,17-18,20-21H,1,6-7,11-12,15-16,19H2,2-4H3;3-5H,1-2H3;3H,1-2H3. The van der Waals surface area contributed by atoms with Crippen molar-refractivity contribution < 1.29 is 4.39 Å². The largest absolute Gasteiger partial charge is 0.303 e. The molecule has 2 atom stereocenters. The second kappa shape index (κ2) is 17.4. The molecule has 1 aliphatic rings. The van der Waals surface area contributed by atoms with E-state index >= 15 is 0 Å². The van der Waals surface area contributed by atoms with Crippen LogP contribution in [0.2, 0.25) is 0 Å². The smallest absolute Gasteiger partial charge is 0.126 e. The Morgan fingerprint density at radius 1 is 0.872 bits per heavy atom. The molecule has 3 aromatic carbocycles. The summed E-state index contributed by atoms with van der Waals surface area (Å²) in [4.78, 5) is 2.64. The van der Waals surface area contributed by atoms with E-state index in [1.54, 1.807) is 13.0 Å². The van der Waals surface area contributed by atoms with E-state index in [0.717, 1.165) is 20.1 Å². The highest BCUT2D eigenvalue weighted by Crippen LogP contribution is 2.29. The lowest BCUT2D eigenvalue weighted by Gasteiger charge is -2.22. The predicted octanol–water partition coefficient (Wildman–Crippen LogP) is 10.3. The first kappa shape index (κ1) is 32.9. The van der Waals surface area contributed by atoms with Crippen LogP contribution in [0.1, 0.15) is 73.3 Å². The number of aryl methyl sites for hydroxylation is 3. The lowest BCUT2D eigenvalue weighted by atomic mass is 9.90. The number of nitrogens with zero attached hydrogens (tertiary/aromatic N) is 1. The van der Waals surface area contributed by atoms with Crippen LogP contribution in [0.15, 0.2) is 67.2 Å². The van der Waals surface area contributed by atoms with Gasteiger partial charge in [0.2, 0.25) is 0 Å². The Labute approximate surface area is 240 Å². The Morgan fingerprint density at radius 2 is 1.54 bits per heavy atom. The summed E-state index contributed by atoms with van der Waals surface area (Å²) in [7, 11) is 1.08. The number of rotatable bonds is 8. The van der Waals surface area contributed by atoms with Crippen LogP contribution < -0.4 is 0 Å². The van der Waals surface area contributed by atoms with Crippen molar-refractivity contribution in [2.24, 2.45) is 5.92 Å². The molecule has 0 saturated carbocycles. The summed E-state index contributed by atoms with van der Waals surface area (Å²) in [6, 6.07) is 21.0. The van der Waals surface area contributed by atoms with Gasteiger partial charge in [0.15, 0.2) is 0 Å². The van der Waals surface area contributed by atoms with Crippen LogP contribution in [-0.4, -0.2) is 37.9 Å². The third-order valence-electron chi connectivity index (χ3n) is 7.47. The molecule has 0 radical (unpaired) electrons. The van der Waals surface area contributed by atoms with Gasteiger partial charge in [-0.1, -0.05) is 81.1 Å². The maximum atomic E-state index is 12.6. The van der Waals surface area contributed by atoms with Crippen molar-refractivity contribution in [2.75, 3.05) is 33.0 Å². The van der Waals surface area contributed by atoms with Crippen molar-refractivity contribution in [3.8, 4) is 11.1 Å². The zero-order chi connectivity index (χ0) is 28.8. The van der Waals surface area contributed by atoms with Gasteiger partial charge in [-0.25, -0.2) is 4.39 Å². The molecule has 1 fully saturated rings. The summed E-state index contributed by atoms with van der Waals surface area (Å²) in [5, 5.41) is 0. The predicted molar refractivity (Wildman–Crippen MR) is 175 cm³/mol. The molecule has 212 valence electrons. The van der Waals surface area contributed by atoms with Crippen LogP contribution in [0.3, 0.4) is 0 Å². The number of hydrogen-bond donors (Lipinski definition) is 0. The van der Waals surface area contributed by atoms with Crippen molar-refractivity contribution in [2.45, 2.75) is 66.2 Å². The SMILES string of the molecule is C=Cc1ccc(-c2cccc(C(C)CCC(C)CN3CCCC3)c2)cc1C.CPC.Cc1ccc(C)c(F)c1. The van der Waals surface area contributed by atoms with Gasteiger partial charge < -0.3 is 4.90 Å². The molecule has 4 rings (SSSR count). The van der Waals surface area contributed by atoms with E-state index in [4.69, 9.17) is 0 Å². The van der Waals surface area contributed by atoms with E-state index in [1.807, 2.05) is 19.1 Å². The fraction of sp³-hybridized carbons (Fsp3) is 0.444. The molecule has 1 nitrogen and oxygen atoms in total. The van der Waals surface area contributed by atoms with Crippen LogP contribution in [0.25, 0.3) is 17.2 Å². The minimum absolute atomic E-state index is 0.116. The third-order valence-corrected chi connectivity index (χ3v) is 7.47. The summed E-state index contributed by atoms with van der Waals surface area (Å²) >= 11 is 0. The molecule has 2 unspecified atom stereocenters. The van der Waals surface area contributed by atoms with Gasteiger partial charge in [0, 0.05) is 6.54 Å². The molecule has 39 heavy (non-hydrogen) atoms. The summed E-state index contributed by atoms with van der Waals surface area (Å²) in [6.45, 7) is 22.7. The van der Waals surface area contributed by atoms with Crippen molar-refractivity contribution >= 4 is 14.7 Å². The van der Waals surface area contributed by atoms with Crippen LogP contribution in [-0.2, 0) is 0 Å². The average molecular weight is 548 g/mol. The molecular weight excluding hydrogens is 496 g/mol. The van der Waals surface area contributed by atoms with E-state index in [1.165, 1.54) is 79.2 Å². The van der Waals surface area contributed by atoms with Crippen molar-refractivity contribution in [3.05, 3.63) is 101 Å². The highest BCUT2D eigenvalue weighted by atomic mass is 31.1. The molecule has 0 aliphatic carbocycles. The molecule has 0 spiro atoms. The topological polar surface area (TPSA) is 3.24 Å². The van der Waals surface area contributed by atoms with Gasteiger partial charge in [-0.2, -0.15) is 0 Å². The first-order valence-electron chi connectivity index (χ1n) is 14.6. The quantitative estimate of drug-likeness (QED) is 0.254. The van der Waals surface area contributed by atoms with Crippen molar-refractivity contribution in [3.63, 3.8) is 0 Å². The van der Waals surface area contributed by atoms with Crippen molar-refractivity contribution in [1.29, 1.82) is 0 Å². The molecular formula is C36H51FNP. The van der Waals surface area contributed by atoms with E-state index in [-0.39, 0.29) is 5.82 Å². The van der Waals surface area contributed by atoms with Gasteiger partial charge in [0.05, 0.1) is 0 Å². The lowest BCUT2D eigenvalue weighted by Crippen LogP contribution is -2.25. The third kappa shape index (κ3) is 11.4. The molecule has 3 aromatic rings. The lowest BCUT2D eigenvalue weighted by molar-refractivity contribution is 0.275. The minimum atomic E-state index is -0.116. The van der Waals surface area contributed by atoms with Gasteiger partial charge in [-0.15, -0.1) is 8.58 Å². The fourth-order valence-corrected chi connectivity index (χ4v) is 5.01. The highest BCUT2D eigenvalue weighted by molar-refractivity contribution is 7.35. The fourth-order valence-electron chi connectivity index (χ4n) is 5.01. The summed E-state index contributed by atoms with van der Waals surface area (Å²) < 4.78 is 12.6. The monoisotopic (exact) mass is 547 g/mol. The Morgan fingerprint density at radius 3 is 2.13 bits per heavy atom. The molecule has 0 bridgehead atoms. The first-order chi connectivity index (χ1) is 18.7. The van der Waals surface area contributed by atoms with Crippen LogP contribution >= 0.6 is 8.58 Å². The van der Waals surface area contributed by atoms with Crippen molar-refractivity contribution in [1.82, 2.24) is 4.90 Å². The molecule has 0 aromatic heterocycles. The Kier molecular flexibility index (Phi) is 14.7. The Bertz CT molecular complexity index is 1150. The molecule has 1 heterocycles. The Hall–Kier alpha value is -2.28. The summed E-state index contributed by atoms with van der Waals surface area (Å²) in [6.07, 6.45) is 7.30. The second-order valence-electron chi connectivity index (χ2n) is 11.2. The number of hydrogen-bond acceptors (Lipinski definition) is 1. The summed E-state index contributed by atoms with van der Waals surface area (Å²) in [5.74, 6) is 1.29. The first-order valence-corrected chi connectivity index (χ1v) is 16.6. The molecule has 3 heteroatoms. The molecule has 0 N–H and O–H groups in total. The van der Waals surface area contributed by atoms with Gasteiger partial charge in [0.25, 0.3) is 0 Å². The average Bonchev–Trinajstić information content (AvgIpc) is 3.43. The van der Waals surface area contributed by atoms with Crippen LogP contribution in [0.5, 0.6) is 0 Å². The Balaban J connectivity index is 0.000000370. The molecule has 1 aliphatic heterocycles. The van der Waals surface area contributed by atoms with Crippen LogP contribution in [0, 0.1) is 32.5 Å². The number of halogens is 1. The second-order valence-corrected chi connectivity index (χ2v) is 12.2. The van der Waals surface area contributed by atoms with Gasteiger partial charge in [-0.05, 0) is 130 Å². The van der Waals surface area contributed by atoms with Gasteiger partial charge in [-0.3, -0.25) is 0 Å².